The molecule has 2 heteroatoms. The highest BCUT2D eigenvalue weighted by atomic mass is 16.5. The fourth-order valence-electron chi connectivity index (χ4n) is 0.809. The van der Waals surface area contributed by atoms with E-state index in [1.165, 1.54) is 13.2 Å². The number of methoxy groups -OCH3 is 1. The maximum Gasteiger partial charge on any atom is 0.330 e. The van der Waals surface area contributed by atoms with Crippen LogP contribution in [0.15, 0.2) is 48.1 Å². The van der Waals surface area contributed by atoms with Gasteiger partial charge in [0, 0.05) is 6.08 Å². The first-order chi connectivity index (χ1) is 6.74. The number of ether oxygens (including phenoxy) is 1. The molecule has 0 aromatic heterocycles. The summed E-state index contributed by atoms with van der Waals surface area (Å²) in [5.41, 5.74) is 1.10. The van der Waals surface area contributed by atoms with Crippen LogP contribution in [-0.4, -0.2) is 13.1 Å². The summed E-state index contributed by atoms with van der Waals surface area (Å²) < 4.78 is 4.44. The van der Waals surface area contributed by atoms with E-state index in [2.05, 4.69) is 4.74 Å². The van der Waals surface area contributed by atoms with Crippen molar-refractivity contribution >= 4 is 5.97 Å². The highest BCUT2D eigenvalue weighted by molar-refractivity contribution is 5.82. The molecule has 2 nitrogen and oxygen atoms in total. The summed E-state index contributed by atoms with van der Waals surface area (Å²) >= 11 is 0. The summed E-state index contributed by atoms with van der Waals surface area (Å²) in [6, 6.07) is 0. The van der Waals surface area contributed by atoms with Crippen molar-refractivity contribution in [3.63, 3.8) is 0 Å². The normalized spacial score (nSPS) is 13.2. The molecule has 0 saturated heterocycles. The summed E-state index contributed by atoms with van der Waals surface area (Å²) in [4.78, 5) is 10.7. The summed E-state index contributed by atoms with van der Waals surface area (Å²) in [6.45, 7) is 3.92. The van der Waals surface area contributed by atoms with Crippen molar-refractivity contribution in [2.75, 3.05) is 7.11 Å². The SMILES string of the molecule is C\C=C/C(/C=C/C=C/C(=O)OC)=C\C. The Labute approximate surface area is 85.3 Å². The molecule has 76 valence electrons. The van der Waals surface area contributed by atoms with Gasteiger partial charge in [-0.2, -0.15) is 0 Å². The summed E-state index contributed by atoms with van der Waals surface area (Å²) in [5, 5.41) is 0. The Morgan fingerprint density at radius 3 is 2.21 bits per heavy atom. The molecule has 0 aliphatic heterocycles. The van der Waals surface area contributed by atoms with E-state index in [4.69, 9.17) is 0 Å². The molecule has 0 rings (SSSR count). The first-order valence-corrected chi connectivity index (χ1v) is 4.46. The second-order valence-corrected chi connectivity index (χ2v) is 2.53. The van der Waals surface area contributed by atoms with Gasteiger partial charge in [-0.15, -0.1) is 0 Å². The molecule has 0 aromatic rings. The maximum atomic E-state index is 10.7. The minimum atomic E-state index is -0.345. The van der Waals surface area contributed by atoms with Gasteiger partial charge in [-0.05, 0) is 19.4 Å². The fourth-order valence-corrected chi connectivity index (χ4v) is 0.809. The zero-order valence-corrected chi connectivity index (χ0v) is 8.86. The van der Waals surface area contributed by atoms with E-state index >= 15 is 0 Å². The van der Waals surface area contributed by atoms with Crippen LogP contribution in [0, 0.1) is 0 Å². The molecule has 0 unspecified atom stereocenters. The largest absolute Gasteiger partial charge is 0.466 e. The molecule has 0 saturated carbocycles. The van der Waals surface area contributed by atoms with Crippen molar-refractivity contribution < 1.29 is 9.53 Å². The third-order valence-electron chi connectivity index (χ3n) is 1.53. The molecule has 0 aliphatic rings. The van der Waals surface area contributed by atoms with Gasteiger partial charge in [0.1, 0.15) is 0 Å². The van der Waals surface area contributed by atoms with Crippen molar-refractivity contribution in [3.05, 3.63) is 48.1 Å². The Kier molecular flexibility index (Phi) is 7.15. The highest BCUT2D eigenvalue weighted by Crippen LogP contribution is 1.98. The van der Waals surface area contributed by atoms with Crippen LogP contribution in [0.1, 0.15) is 13.8 Å². The first kappa shape index (κ1) is 12.4. The lowest BCUT2D eigenvalue weighted by molar-refractivity contribution is -0.134. The number of rotatable bonds is 4. The molecule has 0 amide bonds. The Balaban J connectivity index is 4.17. The van der Waals surface area contributed by atoms with E-state index in [-0.39, 0.29) is 5.97 Å². The number of carbonyl (C=O) groups excluding carboxylic acids is 1. The van der Waals surface area contributed by atoms with Crippen LogP contribution in [0.25, 0.3) is 0 Å². The van der Waals surface area contributed by atoms with E-state index in [0.717, 1.165) is 5.57 Å². The van der Waals surface area contributed by atoms with Crippen LogP contribution in [-0.2, 0) is 9.53 Å². The average molecular weight is 192 g/mol. The van der Waals surface area contributed by atoms with Gasteiger partial charge in [0.2, 0.25) is 0 Å². The van der Waals surface area contributed by atoms with Crippen molar-refractivity contribution in [1.29, 1.82) is 0 Å². The minimum absolute atomic E-state index is 0.345. The number of hydrogen-bond donors (Lipinski definition) is 0. The standard InChI is InChI=1S/C12H16O2/c1-4-8-11(5-2)9-6-7-10-12(13)14-3/h4-10H,1-3H3/b8-4-,9-6+,10-7+,11-5+. The van der Waals surface area contributed by atoms with Gasteiger partial charge < -0.3 is 4.74 Å². The Hall–Kier alpha value is -1.57. The lowest BCUT2D eigenvalue weighted by atomic mass is 10.2. The number of carbonyl (C=O) groups is 1. The predicted molar refractivity (Wildman–Crippen MR) is 58.9 cm³/mol. The maximum absolute atomic E-state index is 10.7. The average Bonchev–Trinajstić information content (AvgIpc) is 2.22. The van der Waals surface area contributed by atoms with Crippen molar-refractivity contribution in [2.45, 2.75) is 13.8 Å². The summed E-state index contributed by atoms with van der Waals surface area (Å²) in [5.74, 6) is -0.345. The molecule has 0 fully saturated rings. The molecule has 0 aromatic carbocycles. The van der Waals surface area contributed by atoms with Gasteiger partial charge in [0.25, 0.3) is 0 Å². The van der Waals surface area contributed by atoms with Crippen molar-refractivity contribution in [3.8, 4) is 0 Å². The van der Waals surface area contributed by atoms with Crippen LogP contribution in [0.5, 0.6) is 0 Å². The van der Waals surface area contributed by atoms with E-state index < -0.39 is 0 Å². The first-order valence-electron chi connectivity index (χ1n) is 4.46. The number of hydrogen-bond acceptors (Lipinski definition) is 2. The van der Waals surface area contributed by atoms with Gasteiger partial charge >= 0.3 is 5.97 Å². The van der Waals surface area contributed by atoms with Gasteiger partial charge in [-0.1, -0.05) is 36.5 Å². The van der Waals surface area contributed by atoms with Crippen molar-refractivity contribution in [1.82, 2.24) is 0 Å². The predicted octanol–water partition coefficient (Wildman–Crippen LogP) is 2.79. The zero-order valence-electron chi connectivity index (χ0n) is 8.86. The van der Waals surface area contributed by atoms with E-state index in [0.29, 0.717) is 0 Å². The van der Waals surface area contributed by atoms with Gasteiger partial charge in [0.05, 0.1) is 7.11 Å². The molecule has 0 heterocycles. The van der Waals surface area contributed by atoms with E-state index in [9.17, 15) is 4.79 Å². The Morgan fingerprint density at radius 2 is 1.71 bits per heavy atom. The zero-order chi connectivity index (χ0) is 10.8. The lowest BCUT2D eigenvalue weighted by Gasteiger charge is -1.89. The topological polar surface area (TPSA) is 26.3 Å². The highest BCUT2D eigenvalue weighted by Gasteiger charge is 1.86. The van der Waals surface area contributed by atoms with Crippen LogP contribution in [0.3, 0.4) is 0 Å². The molecule has 0 spiro atoms. The lowest BCUT2D eigenvalue weighted by Crippen LogP contribution is -1.92. The second-order valence-electron chi connectivity index (χ2n) is 2.53. The number of allylic oxidation sites excluding steroid dienone is 7. The molecule has 0 N–H and O–H groups in total. The fraction of sp³-hybridized carbons (Fsp3) is 0.250. The number of esters is 1. The summed E-state index contributed by atoms with van der Waals surface area (Å²) in [7, 11) is 1.35. The van der Waals surface area contributed by atoms with Gasteiger partial charge in [-0.25, -0.2) is 4.79 Å². The van der Waals surface area contributed by atoms with E-state index in [1.807, 2.05) is 38.2 Å². The second kappa shape index (κ2) is 8.05. The van der Waals surface area contributed by atoms with Gasteiger partial charge in [-0.3, -0.25) is 0 Å². The molecule has 0 aliphatic carbocycles. The Morgan fingerprint density at radius 1 is 1.07 bits per heavy atom. The molecular formula is C12H16O2. The van der Waals surface area contributed by atoms with Crippen LogP contribution in [0.2, 0.25) is 0 Å². The monoisotopic (exact) mass is 192 g/mol. The molecule has 14 heavy (non-hydrogen) atoms. The quantitative estimate of drug-likeness (QED) is 0.389. The van der Waals surface area contributed by atoms with Gasteiger partial charge in [0.15, 0.2) is 0 Å². The summed E-state index contributed by atoms with van der Waals surface area (Å²) in [6.07, 6.45) is 12.7. The smallest absolute Gasteiger partial charge is 0.330 e. The molecule has 0 bridgehead atoms. The van der Waals surface area contributed by atoms with Crippen LogP contribution < -0.4 is 0 Å². The third-order valence-corrected chi connectivity index (χ3v) is 1.53. The Bertz CT molecular complexity index is 281. The molecule has 0 atom stereocenters. The van der Waals surface area contributed by atoms with Crippen LogP contribution in [0.4, 0.5) is 0 Å². The van der Waals surface area contributed by atoms with E-state index in [1.54, 1.807) is 12.2 Å². The molecule has 0 radical (unpaired) electrons. The minimum Gasteiger partial charge on any atom is -0.466 e. The third kappa shape index (κ3) is 6.00. The molecular weight excluding hydrogens is 176 g/mol. The van der Waals surface area contributed by atoms with Crippen LogP contribution >= 0.6 is 0 Å². The van der Waals surface area contributed by atoms with Crippen molar-refractivity contribution in [2.24, 2.45) is 0 Å².